The van der Waals surface area contributed by atoms with Crippen LogP contribution in [0.25, 0.3) is 0 Å². The predicted octanol–water partition coefficient (Wildman–Crippen LogP) is 11.9. The first-order chi connectivity index (χ1) is 30.6. The maximum Gasteiger partial charge on any atom is 0.306 e. The number of esters is 2. The van der Waals surface area contributed by atoms with Crippen molar-refractivity contribution in [2.75, 3.05) is 47.5 Å². The fourth-order valence-electron chi connectivity index (χ4n) is 5.87. The molecule has 0 amide bonds. The van der Waals surface area contributed by atoms with Gasteiger partial charge in [-0.3, -0.25) is 9.59 Å². The molecule has 356 valence electrons. The number of unbranched alkanes of at least 4 members (excludes halogenated alkanes) is 9. The van der Waals surface area contributed by atoms with Crippen molar-refractivity contribution in [2.24, 2.45) is 0 Å². The third-order valence-corrected chi connectivity index (χ3v) is 9.53. The molecule has 0 radical (unpaired) electrons. The summed E-state index contributed by atoms with van der Waals surface area (Å²) in [6, 6.07) is 0. The smallest absolute Gasteiger partial charge is 0.306 e. The second kappa shape index (κ2) is 44.6. The van der Waals surface area contributed by atoms with E-state index in [2.05, 4.69) is 111 Å². The topological polar surface area (TPSA) is 111 Å². The fraction of sp³-hybridized carbons (Fsp3) is 0.611. The zero-order valence-corrected chi connectivity index (χ0v) is 40.1. The highest BCUT2D eigenvalue weighted by atomic mass is 16.7. The lowest BCUT2D eigenvalue weighted by atomic mass is 10.1. The van der Waals surface area contributed by atoms with Crippen LogP contribution >= 0.6 is 0 Å². The summed E-state index contributed by atoms with van der Waals surface area (Å²) >= 11 is 0. The number of nitrogens with zero attached hydrogens (tertiary/aromatic N) is 1. The van der Waals surface area contributed by atoms with Gasteiger partial charge in [-0.05, 0) is 83.5 Å². The molecule has 0 saturated heterocycles. The number of hydrogen-bond acceptors (Lipinski definition) is 8. The fourth-order valence-corrected chi connectivity index (χ4v) is 5.87. The van der Waals surface area contributed by atoms with Crippen LogP contribution in [0.2, 0.25) is 0 Å². The molecular weight excluding hydrogens is 791 g/mol. The van der Waals surface area contributed by atoms with E-state index in [0.717, 1.165) is 83.5 Å². The van der Waals surface area contributed by atoms with E-state index in [1.54, 1.807) is 0 Å². The van der Waals surface area contributed by atoms with E-state index < -0.39 is 30.3 Å². The van der Waals surface area contributed by atoms with Crippen molar-refractivity contribution in [2.45, 2.75) is 167 Å². The lowest BCUT2D eigenvalue weighted by Crippen LogP contribution is -2.44. The van der Waals surface area contributed by atoms with Crippen molar-refractivity contribution < 1.29 is 42.9 Å². The lowest BCUT2D eigenvalue weighted by Gasteiger charge is -2.26. The minimum absolute atomic E-state index is 0.130. The van der Waals surface area contributed by atoms with E-state index in [9.17, 15) is 19.5 Å². The number of aliphatic carboxylic acids is 1. The maximum absolute atomic E-state index is 12.8. The monoisotopic (exact) mass is 878 g/mol. The minimum Gasteiger partial charge on any atom is -0.545 e. The summed E-state index contributed by atoms with van der Waals surface area (Å²) in [7, 11) is 5.88. The molecule has 0 saturated carbocycles. The molecular formula is C54H87NO8. The Labute approximate surface area is 384 Å². The van der Waals surface area contributed by atoms with Crippen LogP contribution in [0, 0.1) is 0 Å². The SMILES string of the molecule is CC/C=C\C/C=C\C/C=C\C/C=C\C/C=C\CCCCCCCCCCCC(=O)OC(COC(=O)CC/C=C\C/C=C\C/C=C\C/C=C\CC)COC(OCC[N+](C)(C)C)C(=O)[O-]. The van der Waals surface area contributed by atoms with E-state index in [4.69, 9.17) is 18.9 Å². The summed E-state index contributed by atoms with van der Waals surface area (Å²) in [5.74, 6) is -2.42. The zero-order valence-electron chi connectivity index (χ0n) is 40.1. The molecule has 2 atom stereocenters. The molecule has 0 aromatic carbocycles. The van der Waals surface area contributed by atoms with Gasteiger partial charge in [0.05, 0.1) is 40.3 Å². The molecule has 0 aliphatic carbocycles. The molecule has 0 aliphatic rings. The van der Waals surface area contributed by atoms with Crippen LogP contribution in [0.4, 0.5) is 0 Å². The van der Waals surface area contributed by atoms with Crippen LogP contribution in [-0.2, 0) is 33.3 Å². The van der Waals surface area contributed by atoms with Gasteiger partial charge in [-0.1, -0.05) is 168 Å². The first-order valence-corrected chi connectivity index (χ1v) is 24.0. The van der Waals surface area contributed by atoms with Gasteiger partial charge in [0, 0.05) is 12.8 Å². The van der Waals surface area contributed by atoms with E-state index in [1.807, 2.05) is 33.3 Å². The van der Waals surface area contributed by atoms with Crippen molar-refractivity contribution in [3.63, 3.8) is 0 Å². The maximum atomic E-state index is 12.8. The standard InChI is InChI=1S/C54H87NO8/c1-6-8-10-12-14-16-18-20-21-22-23-24-25-26-27-28-29-30-31-33-35-37-39-41-43-45-52(57)63-50(49-62-54(53(58)59)60-47-46-55(3,4)5)48-61-51(56)44-42-40-38-36-34-32-19-17-15-13-11-9-7-2/h8-11,14-17,20-21,23-24,26-27,32,34,38,40,50,54H,6-7,12-13,18-19,22,25,28-31,33,35-37,39,41-49H2,1-5H3/b10-8-,11-9-,16-14-,17-15-,21-20-,24-23-,27-26-,34-32-,40-38-. The molecule has 0 bridgehead atoms. The third kappa shape index (κ3) is 45.8. The Balaban J connectivity index is 4.42. The Kier molecular flexibility index (Phi) is 41.7. The number of quaternary nitrogens is 1. The first-order valence-electron chi connectivity index (χ1n) is 24.0. The summed E-state index contributed by atoms with van der Waals surface area (Å²) in [6.45, 7) is 4.39. The van der Waals surface area contributed by atoms with Crippen molar-refractivity contribution in [3.05, 3.63) is 109 Å². The summed E-state index contributed by atoms with van der Waals surface area (Å²) in [5, 5.41) is 11.7. The summed E-state index contributed by atoms with van der Waals surface area (Å²) < 4.78 is 22.5. The highest BCUT2D eigenvalue weighted by Gasteiger charge is 2.21. The molecule has 0 rings (SSSR count). The van der Waals surface area contributed by atoms with E-state index in [1.165, 1.54) is 32.1 Å². The number of ether oxygens (including phenoxy) is 4. The summed E-state index contributed by atoms with van der Waals surface area (Å²) in [4.78, 5) is 37.0. The van der Waals surface area contributed by atoms with Gasteiger partial charge in [-0.2, -0.15) is 0 Å². The van der Waals surface area contributed by atoms with E-state index in [0.29, 0.717) is 23.9 Å². The van der Waals surface area contributed by atoms with Gasteiger partial charge in [0.25, 0.3) is 0 Å². The van der Waals surface area contributed by atoms with Gasteiger partial charge in [0.2, 0.25) is 0 Å². The zero-order chi connectivity index (χ0) is 46.3. The van der Waals surface area contributed by atoms with Crippen LogP contribution < -0.4 is 5.11 Å². The third-order valence-electron chi connectivity index (χ3n) is 9.53. The molecule has 0 aromatic rings. The molecule has 0 spiro atoms. The van der Waals surface area contributed by atoms with Crippen molar-refractivity contribution in [1.29, 1.82) is 0 Å². The highest BCUT2D eigenvalue weighted by molar-refractivity contribution is 5.70. The number of allylic oxidation sites excluding steroid dienone is 18. The second-order valence-electron chi connectivity index (χ2n) is 16.6. The van der Waals surface area contributed by atoms with Gasteiger partial charge in [-0.15, -0.1) is 0 Å². The van der Waals surface area contributed by atoms with Gasteiger partial charge in [-0.25, -0.2) is 0 Å². The van der Waals surface area contributed by atoms with Crippen molar-refractivity contribution >= 4 is 17.9 Å². The van der Waals surface area contributed by atoms with Crippen LogP contribution in [0.5, 0.6) is 0 Å². The molecule has 0 fully saturated rings. The summed E-state index contributed by atoms with van der Waals surface area (Å²) in [5.41, 5.74) is 0. The Morgan fingerprint density at radius 3 is 1.33 bits per heavy atom. The molecule has 9 nitrogen and oxygen atoms in total. The number of carbonyl (C=O) groups is 3. The van der Waals surface area contributed by atoms with Gasteiger partial charge in [0.15, 0.2) is 12.4 Å². The average Bonchev–Trinajstić information content (AvgIpc) is 3.24. The first kappa shape index (κ1) is 58.9. The van der Waals surface area contributed by atoms with Gasteiger partial charge in [0.1, 0.15) is 13.2 Å². The lowest BCUT2D eigenvalue weighted by molar-refractivity contribution is -0.870. The number of hydrogen-bond donors (Lipinski definition) is 0. The molecule has 9 heteroatoms. The number of carbonyl (C=O) groups excluding carboxylic acids is 3. The molecule has 0 aromatic heterocycles. The molecule has 63 heavy (non-hydrogen) atoms. The molecule has 0 heterocycles. The number of rotatable bonds is 42. The normalized spacial score (nSPS) is 13.9. The Bertz CT molecular complexity index is 1390. The van der Waals surface area contributed by atoms with Crippen LogP contribution in [-0.4, -0.2) is 82.3 Å². The Morgan fingerprint density at radius 1 is 0.476 bits per heavy atom. The second-order valence-corrected chi connectivity index (χ2v) is 16.6. The average molecular weight is 878 g/mol. The van der Waals surface area contributed by atoms with Crippen LogP contribution in [0.3, 0.4) is 0 Å². The summed E-state index contributed by atoms with van der Waals surface area (Å²) in [6.07, 6.45) is 57.2. The van der Waals surface area contributed by atoms with E-state index in [-0.39, 0.29) is 32.7 Å². The number of likely N-dealkylation sites (N-methyl/N-ethyl adjacent to an activating group) is 1. The molecule has 0 aliphatic heterocycles. The quantitative estimate of drug-likeness (QED) is 0.0196. The number of carboxylic acids is 1. The largest absolute Gasteiger partial charge is 0.545 e. The minimum atomic E-state index is -1.64. The van der Waals surface area contributed by atoms with Crippen LogP contribution in [0.1, 0.15) is 155 Å². The predicted molar refractivity (Wildman–Crippen MR) is 260 cm³/mol. The number of carboxylic acid groups (broad SMARTS) is 1. The highest BCUT2D eigenvalue weighted by Crippen LogP contribution is 2.13. The van der Waals surface area contributed by atoms with Crippen molar-refractivity contribution in [3.8, 4) is 0 Å². The van der Waals surface area contributed by atoms with Gasteiger partial charge < -0.3 is 33.3 Å². The molecule has 0 N–H and O–H groups in total. The molecule has 2 unspecified atom stereocenters. The Hall–Kier alpha value is -4.05. The van der Waals surface area contributed by atoms with Crippen LogP contribution in [0.15, 0.2) is 109 Å². The van der Waals surface area contributed by atoms with Gasteiger partial charge >= 0.3 is 11.9 Å². The Morgan fingerprint density at radius 2 is 0.889 bits per heavy atom. The van der Waals surface area contributed by atoms with E-state index >= 15 is 0 Å². The van der Waals surface area contributed by atoms with Crippen molar-refractivity contribution in [1.82, 2.24) is 0 Å².